The van der Waals surface area contributed by atoms with Crippen molar-refractivity contribution in [2.45, 2.75) is 25.3 Å². The number of hydrogen-bond acceptors (Lipinski definition) is 4. The molecule has 1 fully saturated rings. The van der Waals surface area contributed by atoms with E-state index in [2.05, 4.69) is 5.32 Å². The molecule has 148 valence electrons. The standard InChI is InChI=1S/C21H23FN2O4/c1-27-18-9-3-14(13-19(18)28-2)11-12-23-21(26)17-8-10-20(25)24(17)16-6-4-15(22)5-7-16/h3-7,9,13,17H,8,10-12H2,1-2H3,(H,23,26). The Morgan fingerprint density at radius 3 is 2.54 bits per heavy atom. The van der Waals surface area contributed by atoms with Crippen molar-refractivity contribution in [1.82, 2.24) is 5.32 Å². The molecule has 2 aromatic carbocycles. The maximum Gasteiger partial charge on any atom is 0.243 e. The number of halogens is 1. The molecule has 1 aliphatic heterocycles. The minimum atomic E-state index is -0.580. The summed E-state index contributed by atoms with van der Waals surface area (Å²) in [7, 11) is 3.15. The predicted molar refractivity (Wildman–Crippen MR) is 103 cm³/mol. The molecule has 0 radical (unpaired) electrons. The van der Waals surface area contributed by atoms with Gasteiger partial charge in [-0.3, -0.25) is 14.5 Å². The number of methoxy groups -OCH3 is 2. The third kappa shape index (κ3) is 4.24. The second kappa shape index (κ2) is 8.73. The number of carbonyl (C=O) groups is 2. The van der Waals surface area contributed by atoms with Gasteiger partial charge in [-0.05, 0) is 54.8 Å². The van der Waals surface area contributed by atoms with Gasteiger partial charge in [0, 0.05) is 18.7 Å². The van der Waals surface area contributed by atoms with Crippen molar-refractivity contribution in [3.8, 4) is 11.5 Å². The average Bonchev–Trinajstić information content (AvgIpc) is 3.10. The summed E-state index contributed by atoms with van der Waals surface area (Å²) >= 11 is 0. The van der Waals surface area contributed by atoms with Crippen LogP contribution in [0, 0.1) is 5.82 Å². The van der Waals surface area contributed by atoms with E-state index >= 15 is 0 Å². The molecule has 1 aliphatic rings. The van der Waals surface area contributed by atoms with Gasteiger partial charge in [-0.2, -0.15) is 0 Å². The molecule has 6 nitrogen and oxygen atoms in total. The summed E-state index contributed by atoms with van der Waals surface area (Å²) in [4.78, 5) is 26.3. The highest BCUT2D eigenvalue weighted by atomic mass is 19.1. The molecule has 1 atom stereocenters. The lowest BCUT2D eigenvalue weighted by molar-refractivity contribution is -0.123. The van der Waals surface area contributed by atoms with E-state index in [1.807, 2.05) is 18.2 Å². The van der Waals surface area contributed by atoms with Crippen LogP contribution in [0.2, 0.25) is 0 Å². The molecule has 7 heteroatoms. The van der Waals surface area contributed by atoms with Crippen LogP contribution in [-0.2, 0) is 16.0 Å². The van der Waals surface area contributed by atoms with Gasteiger partial charge < -0.3 is 14.8 Å². The van der Waals surface area contributed by atoms with Crippen molar-refractivity contribution >= 4 is 17.5 Å². The fourth-order valence-electron chi connectivity index (χ4n) is 3.34. The van der Waals surface area contributed by atoms with Gasteiger partial charge in [0.15, 0.2) is 11.5 Å². The molecule has 3 rings (SSSR count). The number of nitrogens with zero attached hydrogens (tertiary/aromatic N) is 1. The normalized spacial score (nSPS) is 16.2. The first-order chi connectivity index (χ1) is 13.5. The number of amides is 2. The number of rotatable bonds is 7. The van der Waals surface area contributed by atoms with Gasteiger partial charge in [-0.1, -0.05) is 6.07 Å². The van der Waals surface area contributed by atoms with Crippen molar-refractivity contribution < 1.29 is 23.5 Å². The van der Waals surface area contributed by atoms with Crippen molar-refractivity contribution in [1.29, 1.82) is 0 Å². The first-order valence-corrected chi connectivity index (χ1v) is 9.09. The molecule has 0 bridgehead atoms. The molecule has 0 aliphatic carbocycles. The van der Waals surface area contributed by atoms with Crippen LogP contribution in [0.5, 0.6) is 11.5 Å². The van der Waals surface area contributed by atoms with E-state index < -0.39 is 6.04 Å². The molecule has 1 N–H and O–H groups in total. The number of hydrogen-bond donors (Lipinski definition) is 1. The van der Waals surface area contributed by atoms with Crippen LogP contribution in [0.25, 0.3) is 0 Å². The number of anilines is 1. The second-order valence-corrected chi connectivity index (χ2v) is 6.52. The van der Waals surface area contributed by atoms with Crippen molar-refractivity contribution in [3.63, 3.8) is 0 Å². The minimum Gasteiger partial charge on any atom is -0.493 e. The molecule has 1 saturated heterocycles. The zero-order valence-electron chi connectivity index (χ0n) is 15.9. The van der Waals surface area contributed by atoms with E-state index in [1.54, 1.807) is 14.2 Å². The molecular formula is C21H23FN2O4. The van der Waals surface area contributed by atoms with E-state index in [0.29, 0.717) is 43.0 Å². The van der Waals surface area contributed by atoms with Crippen molar-refractivity contribution in [3.05, 3.63) is 53.8 Å². The third-order valence-corrected chi connectivity index (χ3v) is 4.78. The van der Waals surface area contributed by atoms with Gasteiger partial charge in [0.25, 0.3) is 0 Å². The third-order valence-electron chi connectivity index (χ3n) is 4.78. The van der Waals surface area contributed by atoms with E-state index in [9.17, 15) is 14.0 Å². The summed E-state index contributed by atoms with van der Waals surface area (Å²) < 4.78 is 23.7. The van der Waals surface area contributed by atoms with E-state index in [-0.39, 0.29) is 17.6 Å². The fraction of sp³-hybridized carbons (Fsp3) is 0.333. The van der Waals surface area contributed by atoms with Crippen molar-refractivity contribution in [2.24, 2.45) is 0 Å². The van der Waals surface area contributed by atoms with Gasteiger partial charge in [0.1, 0.15) is 11.9 Å². The van der Waals surface area contributed by atoms with Gasteiger partial charge in [-0.15, -0.1) is 0 Å². The van der Waals surface area contributed by atoms with Crippen LogP contribution in [0.3, 0.4) is 0 Å². The molecule has 1 unspecified atom stereocenters. The molecule has 0 aromatic heterocycles. The van der Waals surface area contributed by atoms with Gasteiger partial charge in [0.2, 0.25) is 11.8 Å². The summed E-state index contributed by atoms with van der Waals surface area (Å²) in [6, 6.07) is 10.6. The van der Waals surface area contributed by atoms with Gasteiger partial charge in [0.05, 0.1) is 14.2 Å². The Bertz CT molecular complexity index is 854. The Kier molecular flexibility index (Phi) is 6.13. The average molecular weight is 386 g/mol. The quantitative estimate of drug-likeness (QED) is 0.795. The Hall–Kier alpha value is -3.09. The highest BCUT2D eigenvalue weighted by Gasteiger charge is 2.36. The highest BCUT2D eigenvalue weighted by molar-refractivity contribution is 6.03. The Morgan fingerprint density at radius 2 is 1.86 bits per heavy atom. The first kappa shape index (κ1) is 19.7. The highest BCUT2D eigenvalue weighted by Crippen LogP contribution is 2.28. The molecule has 0 spiro atoms. The van der Waals surface area contributed by atoms with Crippen LogP contribution in [0.15, 0.2) is 42.5 Å². The van der Waals surface area contributed by atoms with Crippen molar-refractivity contribution in [2.75, 3.05) is 25.7 Å². The summed E-state index contributed by atoms with van der Waals surface area (Å²) in [5, 5.41) is 2.89. The predicted octanol–water partition coefficient (Wildman–Crippen LogP) is 2.70. The topological polar surface area (TPSA) is 67.9 Å². The molecule has 2 amide bonds. The van der Waals surface area contributed by atoms with Crippen LogP contribution in [-0.4, -0.2) is 38.6 Å². The summed E-state index contributed by atoms with van der Waals surface area (Å²) in [6.07, 6.45) is 1.35. The first-order valence-electron chi connectivity index (χ1n) is 9.09. The number of ether oxygens (including phenoxy) is 2. The number of carbonyl (C=O) groups excluding carboxylic acids is 2. The summed E-state index contributed by atoms with van der Waals surface area (Å²) in [5.74, 6) is 0.554. The Balaban J connectivity index is 1.61. The van der Waals surface area contributed by atoms with E-state index in [1.165, 1.54) is 29.2 Å². The maximum absolute atomic E-state index is 13.2. The monoisotopic (exact) mass is 386 g/mol. The minimum absolute atomic E-state index is 0.133. The van der Waals surface area contributed by atoms with E-state index in [0.717, 1.165) is 5.56 Å². The summed E-state index contributed by atoms with van der Waals surface area (Å²) in [5.41, 5.74) is 1.53. The lowest BCUT2D eigenvalue weighted by Crippen LogP contribution is -2.45. The lowest BCUT2D eigenvalue weighted by Gasteiger charge is -2.24. The van der Waals surface area contributed by atoms with Crippen LogP contribution in [0.4, 0.5) is 10.1 Å². The molecule has 0 saturated carbocycles. The van der Waals surface area contributed by atoms with Crippen LogP contribution >= 0.6 is 0 Å². The van der Waals surface area contributed by atoms with Crippen LogP contribution < -0.4 is 19.7 Å². The lowest BCUT2D eigenvalue weighted by atomic mass is 10.1. The molecule has 1 heterocycles. The Morgan fingerprint density at radius 1 is 1.14 bits per heavy atom. The van der Waals surface area contributed by atoms with Gasteiger partial charge >= 0.3 is 0 Å². The SMILES string of the molecule is COc1ccc(CCNC(=O)C2CCC(=O)N2c2ccc(F)cc2)cc1OC. The molecular weight excluding hydrogens is 363 g/mol. The fourth-order valence-corrected chi connectivity index (χ4v) is 3.34. The largest absolute Gasteiger partial charge is 0.493 e. The Labute approximate surface area is 163 Å². The van der Waals surface area contributed by atoms with Crippen LogP contribution in [0.1, 0.15) is 18.4 Å². The second-order valence-electron chi connectivity index (χ2n) is 6.52. The number of nitrogens with one attached hydrogen (secondary N) is 1. The molecule has 28 heavy (non-hydrogen) atoms. The van der Waals surface area contributed by atoms with E-state index in [4.69, 9.17) is 9.47 Å². The zero-order valence-corrected chi connectivity index (χ0v) is 15.9. The van der Waals surface area contributed by atoms with Gasteiger partial charge in [-0.25, -0.2) is 4.39 Å². The number of benzene rings is 2. The molecule has 2 aromatic rings. The smallest absolute Gasteiger partial charge is 0.243 e. The maximum atomic E-state index is 13.2. The summed E-state index contributed by atoms with van der Waals surface area (Å²) in [6.45, 7) is 0.427. The zero-order chi connectivity index (χ0) is 20.1.